The van der Waals surface area contributed by atoms with Crippen molar-refractivity contribution in [3.8, 4) is 11.3 Å². The largest absolute Gasteiger partial charge is 0.388 e. The van der Waals surface area contributed by atoms with E-state index in [9.17, 15) is 23.5 Å². The van der Waals surface area contributed by atoms with Crippen molar-refractivity contribution in [2.24, 2.45) is 0 Å². The van der Waals surface area contributed by atoms with E-state index in [1.165, 1.54) is 32.2 Å². The number of aromatic amines is 1. The molecule has 0 saturated carbocycles. The third-order valence-electron chi connectivity index (χ3n) is 3.76. The Morgan fingerprint density at radius 2 is 2.04 bits per heavy atom. The molecule has 3 N–H and O–H groups in total. The minimum absolute atomic E-state index is 0.203. The van der Waals surface area contributed by atoms with Crippen molar-refractivity contribution in [1.82, 2.24) is 20.5 Å². The molecule has 134 valence electrons. The van der Waals surface area contributed by atoms with Gasteiger partial charge in [0, 0.05) is 11.8 Å². The lowest BCUT2D eigenvalue weighted by Crippen LogP contribution is -2.48. The number of carbonyl (C=O) groups excluding carboxylic acids is 1. The minimum Gasteiger partial charge on any atom is -0.388 e. The van der Waals surface area contributed by atoms with Gasteiger partial charge in [0.2, 0.25) is 0 Å². The maximum absolute atomic E-state index is 12.5. The lowest BCUT2D eigenvalue weighted by Gasteiger charge is -2.26. The van der Waals surface area contributed by atoms with Gasteiger partial charge in [0.05, 0.1) is 17.3 Å². The fraction of sp³-hybridized carbons (Fsp3) is 0.375. The molecule has 1 atom stereocenters. The topological polar surface area (TPSA) is 108 Å². The highest BCUT2D eigenvalue weighted by Crippen LogP contribution is 2.20. The predicted octanol–water partition coefficient (Wildman–Crippen LogP) is 1.66. The number of nitrogens with one attached hydrogen (secondary N) is 2. The molecule has 1 amide bonds. The smallest absolute Gasteiger partial charge is 0.280 e. The Kier molecular flexibility index (Phi) is 5.27. The van der Waals surface area contributed by atoms with Crippen molar-refractivity contribution < 1.29 is 18.7 Å². The van der Waals surface area contributed by atoms with Crippen molar-refractivity contribution >= 4 is 5.91 Å². The van der Waals surface area contributed by atoms with Crippen LogP contribution in [0.4, 0.5) is 8.78 Å². The average Bonchev–Trinajstić information content (AvgIpc) is 2.54. The van der Waals surface area contributed by atoms with Crippen LogP contribution < -0.4 is 10.9 Å². The molecule has 0 aliphatic carbocycles. The third-order valence-corrected chi connectivity index (χ3v) is 3.76. The van der Waals surface area contributed by atoms with Crippen LogP contribution >= 0.6 is 0 Å². The van der Waals surface area contributed by atoms with E-state index >= 15 is 0 Å². The summed E-state index contributed by atoms with van der Waals surface area (Å²) in [6, 6.07) is 3.15. The normalized spacial score (nSPS) is 12.9. The summed E-state index contributed by atoms with van der Waals surface area (Å²) in [7, 11) is 0. The molecule has 0 saturated heterocycles. The van der Waals surface area contributed by atoms with E-state index in [1.54, 1.807) is 6.92 Å². The van der Waals surface area contributed by atoms with E-state index in [4.69, 9.17) is 0 Å². The lowest BCUT2D eigenvalue weighted by molar-refractivity contribution is 0.0408. The van der Waals surface area contributed by atoms with Gasteiger partial charge in [-0.1, -0.05) is 0 Å². The van der Waals surface area contributed by atoms with Gasteiger partial charge in [-0.05, 0) is 39.0 Å². The second kappa shape index (κ2) is 7.06. The van der Waals surface area contributed by atoms with E-state index in [0.29, 0.717) is 5.56 Å². The van der Waals surface area contributed by atoms with Crippen molar-refractivity contribution in [3.63, 3.8) is 0 Å². The summed E-state index contributed by atoms with van der Waals surface area (Å²) < 4.78 is 25.1. The van der Waals surface area contributed by atoms with Crippen LogP contribution in [0, 0.1) is 0 Å². The fourth-order valence-electron chi connectivity index (χ4n) is 1.86. The monoisotopic (exact) mass is 352 g/mol. The van der Waals surface area contributed by atoms with Gasteiger partial charge < -0.3 is 10.4 Å². The number of aliphatic hydroxyl groups is 1. The molecule has 0 spiro atoms. The van der Waals surface area contributed by atoms with Crippen LogP contribution in [0.25, 0.3) is 11.3 Å². The standard InChI is InChI=1S/C16H18F2N4O3/c1-8(16(2,3)25)20-14(23)10-6-12(21-22-15(10)24)9-4-5-11(13(17)18)19-7-9/h4-8,13,25H,1-3H3,(H,20,23)(H,22,24). The molecule has 25 heavy (non-hydrogen) atoms. The van der Waals surface area contributed by atoms with Crippen LogP contribution in [0.2, 0.25) is 0 Å². The summed E-state index contributed by atoms with van der Waals surface area (Å²) in [5.74, 6) is -0.684. The molecule has 0 radical (unpaired) electrons. The third kappa shape index (κ3) is 4.44. The highest BCUT2D eigenvalue weighted by atomic mass is 19.3. The number of rotatable bonds is 5. The summed E-state index contributed by atoms with van der Waals surface area (Å²) in [5, 5.41) is 18.4. The number of carbonyl (C=O) groups is 1. The van der Waals surface area contributed by atoms with Gasteiger partial charge in [0.25, 0.3) is 17.9 Å². The number of pyridine rings is 1. The lowest BCUT2D eigenvalue weighted by atomic mass is 10.0. The second-order valence-electron chi connectivity index (χ2n) is 6.12. The highest BCUT2D eigenvalue weighted by molar-refractivity contribution is 5.94. The first-order valence-electron chi connectivity index (χ1n) is 7.47. The van der Waals surface area contributed by atoms with Gasteiger partial charge in [-0.15, -0.1) is 0 Å². The summed E-state index contributed by atoms with van der Waals surface area (Å²) in [6.45, 7) is 4.65. The molecular formula is C16H18F2N4O3. The molecule has 9 heteroatoms. The van der Waals surface area contributed by atoms with Crippen LogP contribution in [0.3, 0.4) is 0 Å². The molecular weight excluding hydrogens is 334 g/mol. The first-order valence-corrected chi connectivity index (χ1v) is 7.47. The van der Waals surface area contributed by atoms with Crippen LogP contribution in [-0.4, -0.2) is 37.8 Å². The van der Waals surface area contributed by atoms with Crippen LogP contribution in [0.1, 0.15) is 43.2 Å². The molecule has 0 bridgehead atoms. The van der Waals surface area contributed by atoms with Gasteiger partial charge in [-0.2, -0.15) is 5.10 Å². The number of halogens is 2. The van der Waals surface area contributed by atoms with Crippen LogP contribution in [-0.2, 0) is 0 Å². The first-order chi connectivity index (χ1) is 11.6. The number of amides is 1. The zero-order valence-corrected chi connectivity index (χ0v) is 13.9. The Labute approximate surface area is 142 Å². The van der Waals surface area contributed by atoms with Gasteiger partial charge >= 0.3 is 0 Å². The van der Waals surface area contributed by atoms with Crippen molar-refractivity contribution in [3.05, 3.63) is 46.0 Å². The molecule has 0 aromatic carbocycles. The SMILES string of the molecule is CC(NC(=O)c1cc(-c2ccc(C(F)F)nc2)n[nH]c1=O)C(C)(C)O. The molecule has 2 aromatic rings. The Bertz CT molecular complexity index is 813. The molecule has 2 aromatic heterocycles. The van der Waals surface area contributed by atoms with E-state index < -0.39 is 29.5 Å². The van der Waals surface area contributed by atoms with Gasteiger partial charge in [0.1, 0.15) is 11.3 Å². The second-order valence-corrected chi connectivity index (χ2v) is 6.12. The van der Waals surface area contributed by atoms with Gasteiger partial charge in [-0.25, -0.2) is 13.9 Å². The Morgan fingerprint density at radius 3 is 2.56 bits per heavy atom. The van der Waals surface area contributed by atoms with Gasteiger partial charge in [0.15, 0.2) is 0 Å². The Balaban J connectivity index is 2.31. The van der Waals surface area contributed by atoms with Crippen molar-refractivity contribution in [2.45, 2.75) is 38.8 Å². The summed E-state index contributed by atoms with van der Waals surface area (Å²) >= 11 is 0. The maximum atomic E-state index is 12.5. The molecule has 1 unspecified atom stereocenters. The molecule has 2 rings (SSSR count). The number of hydrogen-bond donors (Lipinski definition) is 3. The Hall–Kier alpha value is -2.68. The van der Waals surface area contributed by atoms with E-state index in [0.717, 1.165) is 6.07 Å². The zero-order valence-electron chi connectivity index (χ0n) is 13.9. The molecule has 0 aliphatic rings. The van der Waals surface area contributed by atoms with E-state index in [2.05, 4.69) is 20.5 Å². The van der Waals surface area contributed by atoms with E-state index in [1.807, 2.05) is 0 Å². The Morgan fingerprint density at radius 1 is 1.36 bits per heavy atom. The molecule has 2 heterocycles. The predicted molar refractivity (Wildman–Crippen MR) is 86.3 cm³/mol. The fourth-order valence-corrected chi connectivity index (χ4v) is 1.86. The van der Waals surface area contributed by atoms with Gasteiger partial charge in [-0.3, -0.25) is 14.6 Å². The highest BCUT2D eigenvalue weighted by Gasteiger charge is 2.25. The van der Waals surface area contributed by atoms with Crippen molar-refractivity contribution in [1.29, 1.82) is 0 Å². The van der Waals surface area contributed by atoms with E-state index in [-0.39, 0.29) is 17.0 Å². The number of nitrogens with zero attached hydrogens (tertiary/aromatic N) is 2. The van der Waals surface area contributed by atoms with Crippen molar-refractivity contribution in [2.75, 3.05) is 0 Å². The van der Waals surface area contributed by atoms with Crippen LogP contribution in [0.15, 0.2) is 29.2 Å². The molecule has 7 nitrogen and oxygen atoms in total. The maximum Gasteiger partial charge on any atom is 0.280 e. The summed E-state index contributed by atoms with van der Waals surface area (Å²) in [4.78, 5) is 27.7. The summed E-state index contributed by atoms with van der Waals surface area (Å²) in [6.07, 6.45) is -1.51. The summed E-state index contributed by atoms with van der Waals surface area (Å²) in [5.41, 5.74) is -1.91. The number of H-pyrrole nitrogens is 1. The number of aromatic nitrogens is 3. The average molecular weight is 352 g/mol. The first kappa shape index (κ1) is 18.7. The number of hydrogen-bond acceptors (Lipinski definition) is 5. The quantitative estimate of drug-likeness (QED) is 0.758. The number of alkyl halides is 2. The molecule has 0 fully saturated rings. The zero-order chi connectivity index (χ0) is 18.8. The molecule has 0 aliphatic heterocycles. The minimum atomic E-state index is -2.69. The van der Waals surface area contributed by atoms with Crippen LogP contribution in [0.5, 0.6) is 0 Å².